The van der Waals surface area contributed by atoms with Gasteiger partial charge in [-0.15, -0.1) is 0 Å². The van der Waals surface area contributed by atoms with Gasteiger partial charge in [-0.05, 0) is 0 Å². The average molecular weight is 274 g/mol. The second-order valence-electron chi connectivity index (χ2n) is 0. The molecule has 2 nitrogen and oxygen atoms in total. The molecular formula is H2IrO2Ti. The molecular weight excluding hydrogens is 272 g/mol. The van der Waals surface area contributed by atoms with Crippen molar-refractivity contribution in [1.29, 1.82) is 0 Å². The molecule has 0 aromatic rings. The second kappa shape index (κ2) is 31.9. The molecule has 0 bridgehead atoms. The first-order valence-electron chi connectivity index (χ1n) is 0.204. The van der Waals surface area contributed by atoms with Gasteiger partial charge in [0.25, 0.3) is 0 Å². The Kier molecular flexibility index (Phi) is 154. The molecule has 0 aliphatic carbocycles. The van der Waals surface area contributed by atoms with E-state index in [0.717, 1.165) is 20.4 Å². The molecule has 0 aromatic carbocycles. The molecule has 0 rings (SSSR count). The molecule has 0 spiro atoms. The summed E-state index contributed by atoms with van der Waals surface area (Å²) in [5.41, 5.74) is 0. The SMILES string of the molecule is O.[Ir].[O]=[Ti]. The van der Waals surface area contributed by atoms with Gasteiger partial charge in [-0.2, -0.15) is 0 Å². The van der Waals surface area contributed by atoms with E-state index < -0.39 is 0 Å². The Morgan fingerprint density at radius 2 is 1.25 bits per heavy atom. The zero-order chi connectivity index (χ0) is 2.00. The summed E-state index contributed by atoms with van der Waals surface area (Å²) in [6, 6.07) is 0. The number of rotatable bonds is 0. The van der Waals surface area contributed by atoms with E-state index in [4.69, 9.17) is 3.32 Å². The van der Waals surface area contributed by atoms with E-state index in [2.05, 4.69) is 0 Å². The molecule has 0 saturated heterocycles. The fourth-order valence-corrected chi connectivity index (χ4v) is 0. The third-order valence-corrected chi connectivity index (χ3v) is 0. The van der Waals surface area contributed by atoms with Crippen LogP contribution in [0.2, 0.25) is 0 Å². The fraction of sp³-hybridized carbons (Fsp3) is 0. The zero-order valence-corrected chi connectivity index (χ0v) is 5.70. The summed E-state index contributed by atoms with van der Waals surface area (Å²) in [4.78, 5) is 0. The summed E-state index contributed by atoms with van der Waals surface area (Å²) >= 11 is 0.750. The summed E-state index contributed by atoms with van der Waals surface area (Å²) in [7, 11) is 0. The molecule has 0 aliphatic heterocycles. The van der Waals surface area contributed by atoms with Gasteiger partial charge in [0.1, 0.15) is 0 Å². The van der Waals surface area contributed by atoms with Gasteiger partial charge >= 0.3 is 23.7 Å². The maximum absolute atomic E-state index is 8.25. The summed E-state index contributed by atoms with van der Waals surface area (Å²) in [6.07, 6.45) is 0. The van der Waals surface area contributed by atoms with Crippen LogP contribution in [-0.4, -0.2) is 5.48 Å². The van der Waals surface area contributed by atoms with Crippen LogP contribution in [0.15, 0.2) is 0 Å². The zero-order valence-electron chi connectivity index (χ0n) is 1.74. The predicted octanol–water partition coefficient (Wildman–Crippen LogP) is -0.949. The van der Waals surface area contributed by atoms with Crippen molar-refractivity contribution < 1.29 is 49.3 Å². The van der Waals surface area contributed by atoms with E-state index in [0.29, 0.717) is 0 Å². The Balaban J connectivity index is -0.00000000500. The van der Waals surface area contributed by atoms with Crippen molar-refractivity contribution in [3.8, 4) is 0 Å². The Morgan fingerprint density at radius 3 is 1.25 bits per heavy atom. The van der Waals surface area contributed by atoms with Crippen LogP contribution < -0.4 is 0 Å². The Labute approximate surface area is 49.3 Å². The van der Waals surface area contributed by atoms with Gasteiger partial charge in [0.2, 0.25) is 0 Å². The van der Waals surface area contributed by atoms with Crippen molar-refractivity contribution >= 4 is 0 Å². The monoisotopic (exact) mass is 275 g/mol. The Hall–Kier alpha value is 1.12. The quantitative estimate of drug-likeness (QED) is 0.525. The van der Waals surface area contributed by atoms with Gasteiger partial charge in [-0.3, -0.25) is 0 Å². The minimum absolute atomic E-state index is 0. The van der Waals surface area contributed by atoms with Crippen molar-refractivity contribution in [2.45, 2.75) is 0 Å². The molecule has 0 saturated carbocycles. The minimum atomic E-state index is 0. The third-order valence-electron chi connectivity index (χ3n) is 0. The van der Waals surface area contributed by atoms with E-state index in [9.17, 15) is 0 Å². The van der Waals surface area contributed by atoms with Crippen LogP contribution in [0, 0.1) is 0 Å². The van der Waals surface area contributed by atoms with Gasteiger partial charge in [0, 0.05) is 20.1 Å². The third kappa shape index (κ3) is 11.2. The fourth-order valence-electron chi connectivity index (χ4n) is 0. The van der Waals surface area contributed by atoms with E-state index in [1.54, 1.807) is 0 Å². The first kappa shape index (κ1) is 19.3. The average Bonchev–Trinajstić information content (AvgIpc) is 1.00. The summed E-state index contributed by atoms with van der Waals surface area (Å²) in [6.45, 7) is 0. The molecule has 4 heteroatoms. The molecule has 0 aliphatic rings. The van der Waals surface area contributed by atoms with Gasteiger partial charge in [-0.1, -0.05) is 0 Å². The van der Waals surface area contributed by atoms with Crippen LogP contribution in [0.1, 0.15) is 0 Å². The van der Waals surface area contributed by atoms with E-state index in [-0.39, 0.29) is 25.6 Å². The second-order valence-corrected chi connectivity index (χ2v) is 0. The Morgan fingerprint density at radius 1 is 1.25 bits per heavy atom. The van der Waals surface area contributed by atoms with Crippen molar-refractivity contribution in [2.24, 2.45) is 0 Å². The van der Waals surface area contributed by atoms with Crippen LogP contribution in [0.25, 0.3) is 0 Å². The molecule has 4 heavy (non-hydrogen) atoms. The van der Waals surface area contributed by atoms with Crippen LogP contribution >= 0.6 is 0 Å². The van der Waals surface area contributed by atoms with E-state index >= 15 is 0 Å². The van der Waals surface area contributed by atoms with Crippen molar-refractivity contribution in [2.75, 3.05) is 0 Å². The molecule has 2 N–H and O–H groups in total. The normalized spacial score (nSPS) is 0.750. The van der Waals surface area contributed by atoms with E-state index in [1.165, 1.54) is 0 Å². The van der Waals surface area contributed by atoms with Crippen molar-refractivity contribution in [1.82, 2.24) is 0 Å². The first-order valence-corrected chi connectivity index (χ1v) is 0.842. The van der Waals surface area contributed by atoms with Crippen LogP contribution in [0.3, 0.4) is 0 Å². The van der Waals surface area contributed by atoms with Gasteiger partial charge in [0.05, 0.1) is 0 Å². The summed E-state index contributed by atoms with van der Waals surface area (Å²) in [5.74, 6) is 0. The maximum atomic E-state index is 8.25. The number of hydrogen-bond donors (Lipinski definition) is 0. The van der Waals surface area contributed by atoms with Gasteiger partial charge in [0.15, 0.2) is 0 Å². The molecule has 0 amide bonds. The molecule has 1 radical (unpaired) electrons. The molecule has 27 valence electrons. The summed E-state index contributed by atoms with van der Waals surface area (Å²) < 4.78 is 8.25. The molecule has 0 aromatic heterocycles. The topological polar surface area (TPSA) is 48.6 Å². The molecule has 0 heterocycles. The number of hydrogen-bond acceptors (Lipinski definition) is 1. The Bertz CT molecular complexity index is 6.00. The van der Waals surface area contributed by atoms with Crippen LogP contribution in [0.4, 0.5) is 0 Å². The first-order chi connectivity index (χ1) is 1.00. The van der Waals surface area contributed by atoms with E-state index in [1.807, 2.05) is 0 Å². The van der Waals surface area contributed by atoms with Crippen LogP contribution in [0.5, 0.6) is 0 Å². The van der Waals surface area contributed by atoms with Crippen molar-refractivity contribution in [3.05, 3.63) is 0 Å². The molecule has 0 atom stereocenters. The predicted molar refractivity (Wildman–Crippen MR) is 4.30 cm³/mol. The summed E-state index contributed by atoms with van der Waals surface area (Å²) in [5, 5.41) is 0. The molecule has 0 unspecified atom stereocenters. The van der Waals surface area contributed by atoms with Gasteiger partial charge in [-0.25, -0.2) is 0 Å². The van der Waals surface area contributed by atoms with Crippen LogP contribution in [-0.2, 0) is 43.8 Å². The standard InChI is InChI=1S/Ir.H2O.O.Ti/h;1H2;;. The van der Waals surface area contributed by atoms with Gasteiger partial charge < -0.3 is 5.48 Å². The molecule has 0 fully saturated rings. The van der Waals surface area contributed by atoms with Crippen molar-refractivity contribution in [3.63, 3.8) is 0 Å².